The van der Waals surface area contributed by atoms with Crippen LogP contribution in [0.25, 0.3) is 0 Å². The number of aliphatic hydroxyl groups is 1. The Morgan fingerprint density at radius 2 is 1.85 bits per heavy atom. The maximum absolute atomic E-state index is 14.3. The quantitative estimate of drug-likeness (QED) is 0.266. The van der Waals surface area contributed by atoms with Gasteiger partial charge >= 0.3 is 0 Å². The summed E-state index contributed by atoms with van der Waals surface area (Å²) >= 11 is 0. The molecular formula is C33H44N3O10S-. The van der Waals surface area contributed by atoms with Crippen LogP contribution in [-0.2, 0) is 30.7 Å². The zero-order valence-electron chi connectivity index (χ0n) is 27.0. The van der Waals surface area contributed by atoms with Gasteiger partial charge in [-0.3, -0.25) is 4.79 Å². The Morgan fingerprint density at radius 1 is 1.11 bits per heavy atom. The number of carbonyl (C=O) groups excluding carboxylic acids is 2. The van der Waals surface area contributed by atoms with Crippen LogP contribution in [0.3, 0.4) is 0 Å². The molecule has 258 valence electrons. The van der Waals surface area contributed by atoms with Gasteiger partial charge in [0, 0.05) is 38.5 Å². The van der Waals surface area contributed by atoms with E-state index in [2.05, 4.69) is 5.32 Å². The molecule has 3 heterocycles. The third kappa shape index (κ3) is 8.36. The van der Waals surface area contributed by atoms with Crippen LogP contribution < -0.4 is 19.9 Å². The third-order valence-corrected chi connectivity index (χ3v) is 10.9. The van der Waals surface area contributed by atoms with Gasteiger partial charge in [-0.05, 0) is 48.8 Å². The number of aliphatic hydroxyl groups excluding tert-OH is 1. The number of fused-ring (bicyclic) bond motifs is 2. The number of ether oxygens (including phenoxy) is 4. The Balaban J connectivity index is 1.47. The van der Waals surface area contributed by atoms with Crippen LogP contribution in [0.5, 0.6) is 11.5 Å². The monoisotopic (exact) mass is 674 g/mol. The molecule has 2 aromatic carbocycles. The van der Waals surface area contributed by atoms with E-state index in [9.17, 15) is 28.2 Å². The first kappa shape index (κ1) is 34.9. The molecule has 2 N–H and O–H groups in total. The van der Waals surface area contributed by atoms with Crippen molar-refractivity contribution in [1.82, 2.24) is 14.5 Å². The molecule has 0 aromatic heterocycles. The first-order valence-electron chi connectivity index (χ1n) is 15.9. The van der Waals surface area contributed by atoms with E-state index in [0.29, 0.717) is 43.9 Å². The summed E-state index contributed by atoms with van der Waals surface area (Å²) in [5.41, 5.74) is 0.183. The van der Waals surface area contributed by atoms with Crippen molar-refractivity contribution in [2.75, 3.05) is 39.6 Å². The van der Waals surface area contributed by atoms with Crippen LogP contribution in [-0.4, -0.2) is 98.8 Å². The minimum atomic E-state index is -4.24. The Bertz CT molecular complexity index is 1510. The summed E-state index contributed by atoms with van der Waals surface area (Å²) in [6.07, 6.45) is -1.60. The molecule has 0 unspecified atom stereocenters. The summed E-state index contributed by atoms with van der Waals surface area (Å²) in [7, 11) is -4.24. The van der Waals surface area contributed by atoms with E-state index in [4.69, 9.17) is 18.9 Å². The Kier molecular flexibility index (Phi) is 11.0. The highest BCUT2D eigenvalue weighted by Gasteiger charge is 2.47. The molecule has 3 aliphatic rings. The molecule has 2 saturated heterocycles. The van der Waals surface area contributed by atoms with Crippen LogP contribution in [0.4, 0.5) is 4.79 Å². The lowest BCUT2D eigenvalue weighted by Gasteiger charge is -2.43. The predicted octanol–water partition coefficient (Wildman–Crippen LogP) is 1.73. The highest BCUT2D eigenvalue weighted by Crippen LogP contribution is 2.38. The fraction of sp³-hybridized carbons (Fsp3) is 0.576. The van der Waals surface area contributed by atoms with Gasteiger partial charge in [-0.2, -0.15) is 4.31 Å². The normalized spacial score (nSPS) is 21.8. The summed E-state index contributed by atoms with van der Waals surface area (Å²) in [5, 5.41) is 27.6. The molecule has 0 aliphatic carbocycles. The minimum absolute atomic E-state index is 0.00929. The Labute approximate surface area is 275 Å². The van der Waals surface area contributed by atoms with E-state index in [1.165, 1.54) is 29.4 Å². The van der Waals surface area contributed by atoms with E-state index in [-0.39, 0.29) is 43.1 Å². The maximum atomic E-state index is 14.3. The van der Waals surface area contributed by atoms with E-state index in [0.717, 1.165) is 10.5 Å². The highest BCUT2D eigenvalue weighted by molar-refractivity contribution is 7.89. The molecular weight excluding hydrogens is 630 g/mol. The molecule has 13 nitrogen and oxygen atoms in total. The zero-order chi connectivity index (χ0) is 33.8. The molecule has 0 bridgehead atoms. The average Bonchev–Trinajstić information content (AvgIpc) is 3.77. The number of nitrogens with one attached hydrogen (secondary N) is 1. The summed E-state index contributed by atoms with van der Waals surface area (Å²) in [4.78, 5) is 25.3. The summed E-state index contributed by atoms with van der Waals surface area (Å²) in [5.74, 6) is 0.326. The smallest absolute Gasteiger partial charge is 0.243 e. The van der Waals surface area contributed by atoms with Gasteiger partial charge < -0.3 is 44.2 Å². The summed E-state index contributed by atoms with van der Waals surface area (Å²) < 4.78 is 52.1. The van der Waals surface area contributed by atoms with Gasteiger partial charge in [-0.15, -0.1) is 0 Å². The number of hydrogen-bond acceptors (Lipinski definition) is 10. The van der Waals surface area contributed by atoms with Crippen molar-refractivity contribution >= 4 is 22.0 Å². The van der Waals surface area contributed by atoms with Crippen molar-refractivity contribution in [3.63, 3.8) is 0 Å². The number of benzene rings is 2. The van der Waals surface area contributed by atoms with Crippen LogP contribution in [0.2, 0.25) is 0 Å². The first-order chi connectivity index (χ1) is 22.4. The van der Waals surface area contributed by atoms with Crippen LogP contribution >= 0.6 is 0 Å². The largest absolute Gasteiger partial charge is 0.530 e. The lowest BCUT2D eigenvalue weighted by Crippen LogP contribution is -2.61. The van der Waals surface area contributed by atoms with E-state index in [1.54, 1.807) is 0 Å². The second-order valence-electron chi connectivity index (χ2n) is 13.2. The van der Waals surface area contributed by atoms with Crippen LogP contribution in [0.1, 0.15) is 45.6 Å². The summed E-state index contributed by atoms with van der Waals surface area (Å²) in [6, 6.07) is 11.8. The molecule has 5 rings (SSSR count). The van der Waals surface area contributed by atoms with Gasteiger partial charge in [0.1, 0.15) is 6.09 Å². The van der Waals surface area contributed by atoms with Gasteiger partial charge in [0.25, 0.3) is 0 Å². The van der Waals surface area contributed by atoms with Crippen molar-refractivity contribution in [2.45, 2.75) is 75.8 Å². The van der Waals surface area contributed by atoms with Gasteiger partial charge in [0.15, 0.2) is 17.8 Å². The number of rotatable bonds is 15. The van der Waals surface area contributed by atoms with Gasteiger partial charge in [-0.25, -0.2) is 8.42 Å². The molecule has 14 heteroatoms. The van der Waals surface area contributed by atoms with E-state index in [1.807, 2.05) is 44.2 Å². The van der Waals surface area contributed by atoms with Crippen LogP contribution in [0.15, 0.2) is 53.4 Å². The summed E-state index contributed by atoms with van der Waals surface area (Å²) in [6.45, 7) is 5.79. The third-order valence-electron chi connectivity index (χ3n) is 9.05. The first-order valence-corrected chi connectivity index (χ1v) is 17.4. The molecule has 2 aromatic rings. The zero-order valence-corrected chi connectivity index (χ0v) is 27.8. The fourth-order valence-corrected chi connectivity index (χ4v) is 8.34. The molecule has 2 amide bonds. The minimum Gasteiger partial charge on any atom is -0.530 e. The number of amides is 2. The van der Waals surface area contributed by atoms with Crippen molar-refractivity contribution in [2.24, 2.45) is 11.3 Å². The molecule has 0 saturated carbocycles. The second-order valence-corrected chi connectivity index (χ2v) is 15.1. The molecule has 3 aliphatic heterocycles. The van der Waals surface area contributed by atoms with Gasteiger partial charge in [-0.1, -0.05) is 44.2 Å². The Morgan fingerprint density at radius 3 is 2.57 bits per heavy atom. The molecule has 0 spiro atoms. The van der Waals surface area contributed by atoms with Crippen molar-refractivity contribution < 1.29 is 47.2 Å². The lowest BCUT2D eigenvalue weighted by molar-refractivity contribution is -0.273. The van der Waals surface area contributed by atoms with Crippen molar-refractivity contribution in [3.05, 3.63) is 54.1 Å². The number of carboxylic acid groups (broad SMARTS) is 1. The number of carbonyl (C=O) groups is 2. The fourth-order valence-electron chi connectivity index (χ4n) is 6.67. The van der Waals surface area contributed by atoms with Crippen molar-refractivity contribution in [3.8, 4) is 11.5 Å². The van der Waals surface area contributed by atoms with Crippen molar-refractivity contribution in [1.29, 1.82) is 0 Å². The van der Waals surface area contributed by atoms with Gasteiger partial charge in [0.2, 0.25) is 22.7 Å². The van der Waals surface area contributed by atoms with E-state index < -0.39 is 52.6 Å². The number of hydrogen-bond donors (Lipinski definition) is 2. The standard InChI is InChI=1S/C33H45N3O10S/c1-22(37)34-14-7-13-33(2,3)20-35(47(41,42)24-10-11-29-30(17-24)46-21-45-29)18-28(38)26(16-23-8-5-4-6-9-23)36(32(39)40)27-19-44-31-25(27)12-15-43-31/h4-6,8-11,17,25-28,31,38H,7,12-16,18-21H2,1-3H3,(H,34,37)(H,39,40)/p-1/t25-,26-,27-,28+,31+/m0/s1. The SMILES string of the molecule is CC(=O)NCCCC(C)(C)CN(C[C@@H](O)[C@H](Cc1ccccc1)N(C(=O)[O-])[C@H]1CO[C@H]2OCC[C@H]21)S(=O)(=O)c1ccc2c(c1)OCO2. The Hall–Kier alpha value is -3.43. The topological polar surface area (TPSA) is 167 Å². The molecule has 2 fully saturated rings. The van der Waals surface area contributed by atoms with Crippen LogP contribution in [0, 0.1) is 11.3 Å². The van der Waals surface area contributed by atoms with Gasteiger partial charge in [0.05, 0.1) is 36.3 Å². The highest BCUT2D eigenvalue weighted by atomic mass is 32.2. The number of nitrogens with zero attached hydrogens (tertiary/aromatic N) is 2. The van der Waals surface area contributed by atoms with E-state index >= 15 is 0 Å². The average molecular weight is 675 g/mol. The predicted molar refractivity (Wildman–Crippen MR) is 168 cm³/mol. The number of sulfonamides is 1. The maximum Gasteiger partial charge on any atom is 0.243 e. The molecule has 5 atom stereocenters. The molecule has 47 heavy (non-hydrogen) atoms. The lowest BCUT2D eigenvalue weighted by atomic mass is 9.87. The second kappa shape index (κ2) is 14.8. The molecule has 0 radical (unpaired) electrons.